The van der Waals surface area contributed by atoms with Crippen LogP contribution in [0.25, 0.3) is 0 Å². The molecule has 1 saturated heterocycles. The lowest BCUT2D eigenvalue weighted by atomic mass is 9.90. The molecule has 18 heavy (non-hydrogen) atoms. The van der Waals surface area contributed by atoms with Crippen molar-refractivity contribution in [2.24, 2.45) is 5.92 Å². The van der Waals surface area contributed by atoms with Crippen molar-refractivity contribution < 1.29 is 14.6 Å². The van der Waals surface area contributed by atoms with Gasteiger partial charge in [0.25, 0.3) is 0 Å². The lowest BCUT2D eigenvalue weighted by molar-refractivity contribution is -0.141. The molecule has 2 atom stereocenters. The van der Waals surface area contributed by atoms with Gasteiger partial charge in [-0.2, -0.15) is 0 Å². The summed E-state index contributed by atoms with van der Waals surface area (Å²) in [6, 6.07) is 0.470. The molecule has 0 bridgehead atoms. The molecule has 0 aromatic heterocycles. The zero-order valence-electron chi connectivity index (χ0n) is 11.5. The summed E-state index contributed by atoms with van der Waals surface area (Å²) < 4.78 is 4.68. The van der Waals surface area contributed by atoms with Gasteiger partial charge in [0.1, 0.15) is 0 Å². The average Bonchev–Trinajstić information content (AvgIpc) is 2.35. The second-order valence-corrected chi connectivity index (χ2v) is 5.17. The summed E-state index contributed by atoms with van der Waals surface area (Å²) in [5, 5.41) is 12.2. The number of likely N-dealkylation sites (N-methyl/N-ethyl adjacent to an activating group) is 1. The van der Waals surface area contributed by atoms with E-state index in [1.165, 1.54) is 7.11 Å². The van der Waals surface area contributed by atoms with E-state index in [0.717, 1.165) is 38.9 Å². The summed E-state index contributed by atoms with van der Waals surface area (Å²) >= 11 is 0. The van der Waals surface area contributed by atoms with Crippen molar-refractivity contribution in [2.75, 3.05) is 40.4 Å². The second-order valence-electron chi connectivity index (χ2n) is 5.17. The molecule has 0 aliphatic carbocycles. The van der Waals surface area contributed by atoms with Crippen LogP contribution in [0.15, 0.2) is 0 Å². The van der Waals surface area contributed by atoms with Gasteiger partial charge in [0, 0.05) is 32.2 Å². The van der Waals surface area contributed by atoms with Crippen LogP contribution in [0.4, 0.5) is 0 Å². The Balaban J connectivity index is 2.28. The summed E-state index contributed by atoms with van der Waals surface area (Å²) in [7, 11) is 3.56. The Morgan fingerprint density at radius 1 is 1.50 bits per heavy atom. The van der Waals surface area contributed by atoms with E-state index < -0.39 is 0 Å². The standard InChI is InChI=1S/C13H26N2O3/c1-15-9-11(4-5-13(17)18-2)8-12(10-15)14-6-3-7-16/h11-12,14,16H,3-10H2,1-2H3. The molecule has 1 heterocycles. The predicted molar refractivity (Wildman–Crippen MR) is 70.3 cm³/mol. The summed E-state index contributed by atoms with van der Waals surface area (Å²) in [6.07, 6.45) is 3.31. The molecule has 1 fully saturated rings. The van der Waals surface area contributed by atoms with E-state index in [9.17, 15) is 4.79 Å². The zero-order valence-corrected chi connectivity index (χ0v) is 11.5. The highest BCUT2D eigenvalue weighted by Gasteiger charge is 2.25. The van der Waals surface area contributed by atoms with E-state index in [0.29, 0.717) is 18.4 Å². The van der Waals surface area contributed by atoms with E-state index >= 15 is 0 Å². The number of methoxy groups -OCH3 is 1. The van der Waals surface area contributed by atoms with Gasteiger partial charge in [0.05, 0.1) is 7.11 Å². The Labute approximate surface area is 109 Å². The number of nitrogens with one attached hydrogen (secondary N) is 1. The molecular weight excluding hydrogens is 232 g/mol. The molecule has 0 aromatic carbocycles. The number of likely N-dealkylation sites (tertiary alicyclic amines) is 1. The number of esters is 1. The molecule has 1 aliphatic rings. The number of nitrogens with zero attached hydrogens (tertiary/aromatic N) is 1. The molecule has 5 nitrogen and oxygen atoms in total. The molecule has 2 unspecified atom stereocenters. The van der Waals surface area contributed by atoms with Crippen LogP contribution in [0.2, 0.25) is 0 Å². The van der Waals surface area contributed by atoms with Crippen LogP contribution in [0.3, 0.4) is 0 Å². The number of hydrogen-bond donors (Lipinski definition) is 2. The van der Waals surface area contributed by atoms with Crippen molar-refractivity contribution in [3.8, 4) is 0 Å². The summed E-state index contributed by atoms with van der Waals surface area (Å²) in [5.41, 5.74) is 0. The minimum Gasteiger partial charge on any atom is -0.469 e. The number of aliphatic hydroxyl groups is 1. The predicted octanol–water partition coefficient (Wildman–Crippen LogP) is 0.232. The topological polar surface area (TPSA) is 61.8 Å². The van der Waals surface area contributed by atoms with Gasteiger partial charge < -0.3 is 20.1 Å². The maximum Gasteiger partial charge on any atom is 0.305 e. The van der Waals surface area contributed by atoms with Gasteiger partial charge in [-0.05, 0) is 38.8 Å². The normalized spacial score (nSPS) is 25.1. The van der Waals surface area contributed by atoms with Gasteiger partial charge in [-0.25, -0.2) is 0 Å². The van der Waals surface area contributed by atoms with Crippen LogP contribution in [0.5, 0.6) is 0 Å². The maximum absolute atomic E-state index is 11.1. The fourth-order valence-corrected chi connectivity index (χ4v) is 2.61. The maximum atomic E-state index is 11.1. The first-order valence-electron chi connectivity index (χ1n) is 6.75. The Bertz CT molecular complexity index is 248. The van der Waals surface area contributed by atoms with Crippen LogP contribution in [-0.4, -0.2) is 62.4 Å². The number of hydrogen-bond acceptors (Lipinski definition) is 5. The minimum absolute atomic E-state index is 0.118. The molecule has 0 radical (unpaired) electrons. The molecule has 2 N–H and O–H groups in total. The van der Waals surface area contributed by atoms with Gasteiger partial charge in [-0.1, -0.05) is 0 Å². The number of rotatable bonds is 7. The van der Waals surface area contributed by atoms with Gasteiger partial charge >= 0.3 is 5.97 Å². The first-order valence-corrected chi connectivity index (χ1v) is 6.75. The minimum atomic E-state index is -0.118. The lowest BCUT2D eigenvalue weighted by Gasteiger charge is -2.36. The van der Waals surface area contributed by atoms with Crippen molar-refractivity contribution in [2.45, 2.75) is 31.7 Å². The third-order valence-electron chi connectivity index (χ3n) is 3.47. The fourth-order valence-electron chi connectivity index (χ4n) is 2.61. The molecule has 5 heteroatoms. The summed E-state index contributed by atoms with van der Waals surface area (Å²) in [6.45, 7) is 3.19. The molecule has 1 aliphatic heterocycles. The Morgan fingerprint density at radius 2 is 2.28 bits per heavy atom. The van der Waals surface area contributed by atoms with Crippen LogP contribution in [0.1, 0.15) is 25.7 Å². The van der Waals surface area contributed by atoms with E-state index in [1.54, 1.807) is 0 Å². The first kappa shape index (κ1) is 15.4. The first-order chi connectivity index (χ1) is 8.65. The molecular formula is C13H26N2O3. The molecule has 0 spiro atoms. The zero-order chi connectivity index (χ0) is 13.4. The van der Waals surface area contributed by atoms with Gasteiger partial charge in [0.2, 0.25) is 0 Å². The van der Waals surface area contributed by atoms with E-state index in [4.69, 9.17) is 5.11 Å². The third kappa shape index (κ3) is 5.80. The third-order valence-corrected chi connectivity index (χ3v) is 3.47. The van der Waals surface area contributed by atoms with Crippen LogP contribution in [-0.2, 0) is 9.53 Å². The SMILES string of the molecule is COC(=O)CCC1CC(NCCCO)CN(C)C1. The molecule has 106 valence electrons. The lowest BCUT2D eigenvalue weighted by Crippen LogP contribution is -2.48. The summed E-state index contributed by atoms with van der Waals surface area (Å²) in [4.78, 5) is 13.5. The van der Waals surface area contributed by atoms with Crippen LogP contribution < -0.4 is 5.32 Å². The number of aliphatic hydroxyl groups excluding tert-OH is 1. The largest absolute Gasteiger partial charge is 0.469 e. The van der Waals surface area contributed by atoms with E-state index in [1.807, 2.05) is 0 Å². The Morgan fingerprint density at radius 3 is 2.94 bits per heavy atom. The number of carbonyl (C=O) groups excluding carboxylic acids is 1. The van der Waals surface area contributed by atoms with Gasteiger partial charge in [-0.15, -0.1) is 0 Å². The van der Waals surface area contributed by atoms with Crippen molar-refractivity contribution in [1.82, 2.24) is 10.2 Å². The van der Waals surface area contributed by atoms with Crippen LogP contribution in [0, 0.1) is 5.92 Å². The van der Waals surface area contributed by atoms with Gasteiger partial charge in [0.15, 0.2) is 0 Å². The number of piperidine rings is 1. The van der Waals surface area contributed by atoms with E-state index in [2.05, 4.69) is 22.0 Å². The number of ether oxygens (including phenoxy) is 1. The highest BCUT2D eigenvalue weighted by Crippen LogP contribution is 2.20. The van der Waals surface area contributed by atoms with E-state index in [-0.39, 0.29) is 12.6 Å². The smallest absolute Gasteiger partial charge is 0.305 e. The molecule has 0 saturated carbocycles. The number of carbonyl (C=O) groups is 1. The fraction of sp³-hybridized carbons (Fsp3) is 0.923. The Hall–Kier alpha value is -0.650. The van der Waals surface area contributed by atoms with Crippen molar-refractivity contribution >= 4 is 5.97 Å². The van der Waals surface area contributed by atoms with Gasteiger partial charge in [-0.3, -0.25) is 4.79 Å². The summed E-state index contributed by atoms with van der Waals surface area (Å²) in [5.74, 6) is 0.433. The highest BCUT2D eigenvalue weighted by molar-refractivity contribution is 5.69. The molecule has 0 amide bonds. The second kappa shape index (κ2) is 8.45. The Kier molecular flexibility index (Phi) is 7.23. The van der Waals surface area contributed by atoms with Crippen molar-refractivity contribution in [1.29, 1.82) is 0 Å². The van der Waals surface area contributed by atoms with Crippen LogP contribution >= 0.6 is 0 Å². The molecule has 1 rings (SSSR count). The van der Waals surface area contributed by atoms with Crippen molar-refractivity contribution in [3.63, 3.8) is 0 Å². The quantitative estimate of drug-likeness (QED) is 0.506. The monoisotopic (exact) mass is 258 g/mol. The highest BCUT2D eigenvalue weighted by atomic mass is 16.5. The molecule has 0 aromatic rings. The van der Waals surface area contributed by atoms with Crippen molar-refractivity contribution in [3.05, 3.63) is 0 Å². The average molecular weight is 258 g/mol.